The van der Waals surface area contributed by atoms with Crippen LogP contribution in [0.1, 0.15) is 40.0 Å². The summed E-state index contributed by atoms with van der Waals surface area (Å²) in [6, 6.07) is 0.310. The highest BCUT2D eigenvalue weighted by Gasteiger charge is 2.24. The summed E-state index contributed by atoms with van der Waals surface area (Å²) in [5, 5.41) is 13.1. The molecular weight excluding hydrogens is 200 g/mol. The molecule has 1 rings (SSSR count). The predicted octanol–water partition coefficient (Wildman–Crippen LogP) is 1.47. The van der Waals surface area contributed by atoms with Gasteiger partial charge in [0.1, 0.15) is 0 Å². The molecule has 2 N–H and O–H groups in total. The molecule has 0 aromatic heterocycles. The molecule has 16 heavy (non-hydrogen) atoms. The Morgan fingerprint density at radius 3 is 2.44 bits per heavy atom. The van der Waals surface area contributed by atoms with E-state index in [9.17, 15) is 5.11 Å². The van der Waals surface area contributed by atoms with Crippen molar-refractivity contribution in [2.45, 2.75) is 52.2 Å². The highest BCUT2D eigenvalue weighted by molar-refractivity contribution is 4.79. The number of piperidine rings is 1. The molecule has 2 unspecified atom stereocenters. The molecule has 1 saturated heterocycles. The standard InChI is InChI=1S/C13H28N2O/c1-4-7-14-10-13-5-8-15(9-6-13)11(2)12(3)16/h11-14,16H,4-10H2,1-3H3. The van der Waals surface area contributed by atoms with E-state index in [1.165, 1.54) is 25.8 Å². The fourth-order valence-electron chi connectivity index (χ4n) is 2.35. The van der Waals surface area contributed by atoms with Gasteiger partial charge in [0.05, 0.1) is 6.10 Å². The summed E-state index contributed by atoms with van der Waals surface area (Å²) in [6.45, 7) is 10.8. The average Bonchev–Trinajstić information content (AvgIpc) is 2.29. The third-order valence-electron chi connectivity index (χ3n) is 3.78. The number of aliphatic hydroxyl groups is 1. The highest BCUT2D eigenvalue weighted by atomic mass is 16.3. The monoisotopic (exact) mass is 228 g/mol. The second-order valence-corrected chi connectivity index (χ2v) is 5.16. The van der Waals surface area contributed by atoms with Gasteiger partial charge in [-0.15, -0.1) is 0 Å². The van der Waals surface area contributed by atoms with Crippen molar-refractivity contribution in [3.05, 3.63) is 0 Å². The predicted molar refractivity (Wildman–Crippen MR) is 68.6 cm³/mol. The Labute approximate surface area is 100 Å². The molecule has 0 aromatic rings. The van der Waals surface area contributed by atoms with E-state index in [-0.39, 0.29) is 6.10 Å². The van der Waals surface area contributed by atoms with Crippen LogP contribution in [0, 0.1) is 5.92 Å². The van der Waals surface area contributed by atoms with Crippen molar-refractivity contribution in [3.8, 4) is 0 Å². The molecule has 1 aliphatic rings. The summed E-state index contributed by atoms with van der Waals surface area (Å²) in [4.78, 5) is 2.42. The van der Waals surface area contributed by atoms with Gasteiger partial charge in [0.15, 0.2) is 0 Å². The molecule has 1 heterocycles. The van der Waals surface area contributed by atoms with Crippen LogP contribution in [0.4, 0.5) is 0 Å². The van der Waals surface area contributed by atoms with Gasteiger partial charge in [-0.3, -0.25) is 4.90 Å². The second kappa shape index (κ2) is 7.25. The second-order valence-electron chi connectivity index (χ2n) is 5.16. The van der Waals surface area contributed by atoms with Crippen molar-refractivity contribution < 1.29 is 5.11 Å². The zero-order valence-electron chi connectivity index (χ0n) is 11.1. The number of aliphatic hydroxyl groups excluding tert-OH is 1. The molecular formula is C13H28N2O. The number of likely N-dealkylation sites (tertiary alicyclic amines) is 1. The van der Waals surface area contributed by atoms with Gasteiger partial charge in [-0.25, -0.2) is 0 Å². The summed E-state index contributed by atoms with van der Waals surface area (Å²) in [5.41, 5.74) is 0. The Bertz CT molecular complexity index is 177. The van der Waals surface area contributed by atoms with Gasteiger partial charge in [0, 0.05) is 6.04 Å². The number of hydrogen-bond acceptors (Lipinski definition) is 3. The van der Waals surface area contributed by atoms with Crippen LogP contribution < -0.4 is 5.32 Å². The van der Waals surface area contributed by atoms with Crippen molar-refractivity contribution in [3.63, 3.8) is 0 Å². The lowest BCUT2D eigenvalue weighted by Gasteiger charge is -2.37. The lowest BCUT2D eigenvalue weighted by Crippen LogP contribution is -2.46. The minimum Gasteiger partial charge on any atom is -0.392 e. The average molecular weight is 228 g/mol. The maximum absolute atomic E-state index is 9.56. The Morgan fingerprint density at radius 2 is 1.94 bits per heavy atom. The van der Waals surface area contributed by atoms with Crippen molar-refractivity contribution in [2.75, 3.05) is 26.2 Å². The summed E-state index contributed by atoms with van der Waals surface area (Å²) in [5.74, 6) is 0.837. The number of hydrogen-bond donors (Lipinski definition) is 2. The van der Waals surface area contributed by atoms with Crippen molar-refractivity contribution in [1.29, 1.82) is 0 Å². The van der Waals surface area contributed by atoms with Gasteiger partial charge < -0.3 is 10.4 Å². The van der Waals surface area contributed by atoms with E-state index in [4.69, 9.17) is 0 Å². The molecule has 0 aliphatic carbocycles. The molecule has 0 saturated carbocycles. The van der Waals surface area contributed by atoms with Crippen molar-refractivity contribution in [1.82, 2.24) is 10.2 Å². The molecule has 0 amide bonds. The molecule has 1 fully saturated rings. The first-order valence-electron chi connectivity index (χ1n) is 6.78. The lowest BCUT2D eigenvalue weighted by molar-refractivity contribution is 0.0482. The third-order valence-corrected chi connectivity index (χ3v) is 3.78. The molecule has 0 bridgehead atoms. The number of rotatable bonds is 6. The first-order chi connectivity index (χ1) is 7.65. The van der Waals surface area contributed by atoms with Crippen LogP contribution in [0.15, 0.2) is 0 Å². The van der Waals surface area contributed by atoms with Crippen LogP contribution in [-0.2, 0) is 0 Å². The van der Waals surface area contributed by atoms with E-state index in [2.05, 4.69) is 24.1 Å². The molecule has 0 aromatic carbocycles. The molecule has 3 heteroatoms. The van der Waals surface area contributed by atoms with Crippen molar-refractivity contribution >= 4 is 0 Å². The highest BCUT2D eigenvalue weighted by Crippen LogP contribution is 2.19. The van der Waals surface area contributed by atoms with E-state index in [0.29, 0.717) is 6.04 Å². The van der Waals surface area contributed by atoms with Gasteiger partial charge in [0.2, 0.25) is 0 Å². The lowest BCUT2D eigenvalue weighted by atomic mass is 9.95. The first kappa shape index (κ1) is 13.9. The molecule has 3 nitrogen and oxygen atoms in total. The molecule has 0 spiro atoms. The Kier molecular flexibility index (Phi) is 6.32. The SMILES string of the molecule is CCCNCC1CCN(C(C)C(C)O)CC1. The van der Waals surface area contributed by atoms with Gasteiger partial charge >= 0.3 is 0 Å². The van der Waals surface area contributed by atoms with E-state index < -0.39 is 0 Å². The molecule has 1 aliphatic heterocycles. The summed E-state index contributed by atoms with van der Waals surface area (Å²) in [7, 11) is 0. The Morgan fingerprint density at radius 1 is 1.31 bits per heavy atom. The van der Waals surface area contributed by atoms with Crippen LogP contribution >= 0.6 is 0 Å². The van der Waals surface area contributed by atoms with Crippen molar-refractivity contribution in [2.24, 2.45) is 5.92 Å². The van der Waals surface area contributed by atoms with Crippen LogP contribution in [-0.4, -0.2) is 48.3 Å². The van der Waals surface area contributed by atoms with Crippen LogP contribution in [0.25, 0.3) is 0 Å². The zero-order chi connectivity index (χ0) is 12.0. The normalized spacial score (nSPS) is 23.2. The van der Waals surface area contributed by atoms with Gasteiger partial charge in [-0.05, 0) is 65.2 Å². The molecule has 96 valence electrons. The first-order valence-corrected chi connectivity index (χ1v) is 6.78. The van der Waals surface area contributed by atoms with E-state index in [0.717, 1.165) is 25.6 Å². The molecule has 2 atom stereocenters. The minimum atomic E-state index is -0.213. The van der Waals surface area contributed by atoms with Gasteiger partial charge in [-0.1, -0.05) is 6.92 Å². The zero-order valence-corrected chi connectivity index (χ0v) is 11.1. The largest absolute Gasteiger partial charge is 0.392 e. The Balaban J connectivity index is 2.18. The van der Waals surface area contributed by atoms with Crippen LogP contribution in [0.5, 0.6) is 0 Å². The van der Waals surface area contributed by atoms with Crippen LogP contribution in [0.3, 0.4) is 0 Å². The van der Waals surface area contributed by atoms with Gasteiger partial charge in [-0.2, -0.15) is 0 Å². The quantitative estimate of drug-likeness (QED) is 0.676. The fraction of sp³-hybridized carbons (Fsp3) is 1.00. The fourth-order valence-corrected chi connectivity index (χ4v) is 2.35. The maximum atomic E-state index is 9.56. The van der Waals surface area contributed by atoms with E-state index in [1.54, 1.807) is 0 Å². The number of nitrogens with one attached hydrogen (secondary N) is 1. The van der Waals surface area contributed by atoms with Crippen LogP contribution in [0.2, 0.25) is 0 Å². The summed E-state index contributed by atoms with van der Waals surface area (Å²) < 4.78 is 0. The molecule has 0 radical (unpaired) electrons. The van der Waals surface area contributed by atoms with Gasteiger partial charge in [0.25, 0.3) is 0 Å². The maximum Gasteiger partial charge on any atom is 0.0664 e. The van der Waals surface area contributed by atoms with E-state index in [1.807, 2.05) is 6.92 Å². The van der Waals surface area contributed by atoms with E-state index >= 15 is 0 Å². The smallest absolute Gasteiger partial charge is 0.0664 e. The third kappa shape index (κ3) is 4.40. The Hall–Kier alpha value is -0.120. The number of nitrogens with zero attached hydrogens (tertiary/aromatic N) is 1. The summed E-state index contributed by atoms with van der Waals surface area (Å²) >= 11 is 0. The minimum absolute atomic E-state index is 0.213. The summed E-state index contributed by atoms with van der Waals surface area (Å²) in [6.07, 6.45) is 3.55. The topological polar surface area (TPSA) is 35.5 Å².